The number of sulfonamides is 1. The number of carbonyl (C=O) groups is 1. The van der Waals surface area contributed by atoms with Gasteiger partial charge in [0.2, 0.25) is 10.0 Å². The Labute approximate surface area is 119 Å². The molecule has 1 aromatic carbocycles. The first-order valence-corrected chi connectivity index (χ1v) is 7.23. The molecule has 0 aromatic heterocycles. The van der Waals surface area contributed by atoms with E-state index in [0.29, 0.717) is 0 Å². The van der Waals surface area contributed by atoms with E-state index >= 15 is 0 Å². The minimum atomic E-state index is -4.02. The van der Waals surface area contributed by atoms with Gasteiger partial charge >= 0.3 is 5.97 Å². The molecule has 0 amide bonds. The molecule has 0 spiro atoms. The highest BCUT2D eigenvalue weighted by molar-refractivity contribution is 7.89. The third kappa shape index (κ3) is 4.04. The van der Waals surface area contributed by atoms with Crippen molar-refractivity contribution in [2.75, 3.05) is 13.7 Å². The van der Waals surface area contributed by atoms with Crippen LogP contribution in [0.2, 0.25) is 10.0 Å². The van der Waals surface area contributed by atoms with Gasteiger partial charge in [-0.05, 0) is 12.1 Å². The van der Waals surface area contributed by atoms with Gasteiger partial charge in [0, 0.05) is 6.54 Å². The number of ether oxygens (including phenoxy) is 1. The lowest BCUT2D eigenvalue weighted by atomic mass is 10.3. The van der Waals surface area contributed by atoms with Crippen molar-refractivity contribution >= 4 is 39.2 Å². The molecule has 9 heteroatoms. The first kappa shape index (κ1) is 16.2. The molecule has 0 unspecified atom stereocenters. The van der Waals surface area contributed by atoms with E-state index in [2.05, 4.69) is 9.46 Å². The van der Waals surface area contributed by atoms with Gasteiger partial charge in [-0.25, -0.2) is 17.5 Å². The third-order valence-electron chi connectivity index (χ3n) is 2.14. The van der Waals surface area contributed by atoms with E-state index in [-0.39, 0.29) is 18.0 Å². The topological polar surface area (TPSA) is 72.5 Å². The smallest absolute Gasteiger partial charge is 0.306 e. The summed E-state index contributed by atoms with van der Waals surface area (Å²) in [5, 5.41) is -0.878. The minimum Gasteiger partial charge on any atom is -0.469 e. The monoisotopic (exact) mass is 329 g/mol. The Morgan fingerprint density at radius 1 is 1.42 bits per heavy atom. The fourth-order valence-electron chi connectivity index (χ4n) is 1.18. The van der Waals surface area contributed by atoms with Crippen LogP contribution in [0.15, 0.2) is 17.0 Å². The van der Waals surface area contributed by atoms with E-state index in [0.717, 1.165) is 12.1 Å². The molecule has 0 aliphatic carbocycles. The van der Waals surface area contributed by atoms with Crippen molar-refractivity contribution in [1.82, 2.24) is 4.72 Å². The molecule has 0 aliphatic rings. The molecule has 1 rings (SSSR count). The lowest BCUT2D eigenvalue weighted by molar-refractivity contribution is -0.140. The van der Waals surface area contributed by atoms with E-state index < -0.39 is 31.7 Å². The van der Waals surface area contributed by atoms with Crippen molar-refractivity contribution in [2.24, 2.45) is 0 Å². The van der Waals surface area contributed by atoms with Gasteiger partial charge in [0.05, 0.1) is 23.6 Å². The van der Waals surface area contributed by atoms with Crippen LogP contribution in [-0.2, 0) is 19.6 Å². The van der Waals surface area contributed by atoms with Crippen LogP contribution in [0.3, 0.4) is 0 Å². The average Bonchev–Trinajstić information content (AvgIpc) is 2.35. The van der Waals surface area contributed by atoms with Gasteiger partial charge in [0.1, 0.15) is 4.90 Å². The molecule has 0 saturated carbocycles. The second-order valence-corrected chi connectivity index (χ2v) is 5.92. The number of hydrogen-bond donors (Lipinski definition) is 1. The Bertz CT molecular complexity index is 591. The summed E-state index contributed by atoms with van der Waals surface area (Å²) in [6.07, 6.45) is -0.149. The van der Waals surface area contributed by atoms with Crippen molar-refractivity contribution in [3.05, 3.63) is 28.0 Å². The molecule has 0 heterocycles. The van der Waals surface area contributed by atoms with Crippen molar-refractivity contribution in [2.45, 2.75) is 11.3 Å². The zero-order valence-corrected chi connectivity index (χ0v) is 12.1. The molecular formula is C10H10Cl2FNO4S. The standard InChI is InChI=1S/C10H10Cl2FNO4S/c1-18-8(15)4-5-14-19(16,17)7-3-2-6(11)10(13)9(7)12/h2-3,14H,4-5H2,1H3. The molecule has 19 heavy (non-hydrogen) atoms. The summed E-state index contributed by atoms with van der Waals surface area (Å²) in [6, 6.07) is 2.16. The lowest BCUT2D eigenvalue weighted by Crippen LogP contribution is -2.27. The number of nitrogens with one attached hydrogen (secondary N) is 1. The maximum atomic E-state index is 13.4. The van der Waals surface area contributed by atoms with Crippen LogP contribution in [0.25, 0.3) is 0 Å². The van der Waals surface area contributed by atoms with Crippen LogP contribution < -0.4 is 4.72 Å². The second kappa shape index (κ2) is 6.51. The summed E-state index contributed by atoms with van der Waals surface area (Å²) in [6.45, 7) is -0.185. The summed E-state index contributed by atoms with van der Waals surface area (Å²) in [5.41, 5.74) is 0. The van der Waals surface area contributed by atoms with Crippen molar-refractivity contribution < 1.29 is 22.3 Å². The quantitative estimate of drug-likeness (QED) is 0.662. The number of esters is 1. The van der Waals surface area contributed by atoms with Gasteiger partial charge in [-0.3, -0.25) is 4.79 Å². The zero-order valence-electron chi connectivity index (χ0n) is 9.74. The molecule has 5 nitrogen and oxygen atoms in total. The summed E-state index contributed by atoms with van der Waals surface area (Å²) in [5.74, 6) is -1.59. The Morgan fingerprint density at radius 3 is 2.63 bits per heavy atom. The summed E-state index contributed by atoms with van der Waals surface area (Å²) in [4.78, 5) is 10.4. The van der Waals surface area contributed by atoms with E-state index in [1.54, 1.807) is 0 Å². The molecule has 0 radical (unpaired) electrons. The maximum Gasteiger partial charge on any atom is 0.306 e. The van der Waals surface area contributed by atoms with E-state index in [4.69, 9.17) is 23.2 Å². The Kier molecular flexibility index (Phi) is 5.54. The first-order chi connectivity index (χ1) is 8.79. The molecule has 0 aliphatic heterocycles. The molecular weight excluding hydrogens is 320 g/mol. The minimum absolute atomic E-state index is 0.149. The van der Waals surface area contributed by atoms with Gasteiger partial charge in [-0.2, -0.15) is 0 Å². The molecule has 106 valence electrons. The maximum absolute atomic E-state index is 13.4. The zero-order chi connectivity index (χ0) is 14.6. The Morgan fingerprint density at radius 2 is 2.05 bits per heavy atom. The van der Waals surface area contributed by atoms with E-state index in [9.17, 15) is 17.6 Å². The van der Waals surface area contributed by atoms with Crippen molar-refractivity contribution in [3.63, 3.8) is 0 Å². The fraction of sp³-hybridized carbons (Fsp3) is 0.300. The van der Waals surface area contributed by atoms with Crippen molar-refractivity contribution in [3.8, 4) is 0 Å². The first-order valence-electron chi connectivity index (χ1n) is 4.99. The molecule has 0 saturated heterocycles. The van der Waals surface area contributed by atoms with Crippen LogP contribution in [-0.4, -0.2) is 28.0 Å². The number of halogens is 3. The number of carbonyl (C=O) groups excluding carboxylic acids is 1. The average molecular weight is 330 g/mol. The van der Waals surface area contributed by atoms with Gasteiger partial charge < -0.3 is 4.74 Å². The number of rotatable bonds is 5. The largest absolute Gasteiger partial charge is 0.469 e. The number of benzene rings is 1. The van der Waals surface area contributed by atoms with Gasteiger partial charge in [0.25, 0.3) is 0 Å². The molecule has 0 atom stereocenters. The second-order valence-electron chi connectivity index (χ2n) is 3.40. The van der Waals surface area contributed by atoms with Gasteiger partial charge in [-0.1, -0.05) is 23.2 Å². The summed E-state index contributed by atoms with van der Waals surface area (Å²) in [7, 11) is -2.84. The number of methoxy groups -OCH3 is 1. The van der Waals surface area contributed by atoms with Crippen LogP contribution in [0, 0.1) is 5.82 Å². The molecule has 1 aromatic rings. The van der Waals surface area contributed by atoms with Crippen molar-refractivity contribution in [1.29, 1.82) is 0 Å². The SMILES string of the molecule is COC(=O)CCNS(=O)(=O)c1ccc(Cl)c(F)c1Cl. The van der Waals surface area contributed by atoms with Crippen LogP contribution in [0.5, 0.6) is 0 Å². The van der Waals surface area contributed by atoms with Gasteiger partial charge in [-0.15, -0.1) is 0 Å². The molecule has 0 bridgehead atoms. The predicted molar refractivity (Wildman–Crippen MR) is 68.2 cm³/mol. The highest BCUT2D eigenvalue weighted by atomic mass is 35.5. The fourth-order valence-corrected chi connectivity index (χ4v) is 2.96. The normalized spacial score (nSPS) is 11.4. The summed E-state index contributed by atoms with van der Waals surface area (Å²) >= 11 is 11.0. The summed E-state index contributed by atoms with van der Waals surface area (Å²) < 4.78 is 43.5. The van der Waals surface area contributed by atoms with Crippen LogP contribution in [0.1, 0.15) is 6.42 Å². The number of hydrogen-bond acceptors (Lipinski definition) is 4. The predicted octanol–water partition coefficient (Wildman–Crippen LogP) is 1.97. The Hall–Kier alpha value is -0.890. The molecule has 1 N–H and O–H groups in total. The third-order valence-corrected chi connectivity index (χ3v) is 4.42. The van der Waals surface area contributed by atoms with Crippen LogP contribution >= 0.6 is 23.2 Å². The lowest BCUT2D eigenvalue weighted by Gasteiger charge is -2.09. The molecule has 0 fully saturated rings. The van der Waals surface area contributed by atoms with E-state index in [1.807, 2.05) is 0 Å². The highest BCUT2D eigenvalue weighted by Crippen LogP contribution is 2.29. The highest BCUT2D eigenvalue weighted by Gasteiger charge is 2.21. The van der Waals surface area contributed by atoms with Crippen LogP contribution in [0.4, 0.5) is 4.39 Å². The van der Waals surface area contributed by atoms with Gasteiger partial charge in [0.15, 0.2) is 5.82 Å². The van der Waals surface area contributed by atoms with E-state index in [1.165, 1.54) is 7.11 Å². The Balaban J connectivity index is 2.90.